The fourth-order valence-corrected chi connectivity index (χ4v) is 3.04. The van der Waals surface area contributed by atoms with Gasteiger partial charge in [-0.15, -0.1) is 0 Å². The summed E-state index contributed by atoms with van der Waals surface area (Å²) in [6.07, 6.45) is 2.24. The summed E-state index contributed by atoms with van der Waals surface area (Å²) in [5.74, 6) is -0.617. The second-order valence-electron chi connectivity index (χ2n) is 5.86. The van der Waals surface area contributed by atoms with Gasteiger partial charge in [0.2, 0.25) is 0 Å². The number of nitrogens with one attached hydrogen (secondary N) is 1. The molecule has 0 bridgehead atoms. The second kappa shape index (κ2) is 5.31. The fourth-order valence-electron chi connectivity index (χ4n) is 3.04. The number of hydrogen-bond acceptors (Lipinski definition) is 4. The number of urea groups is 1. The van der Waals surface area contributed by atoms with Gasteiger partial charge in [-0.05, 0) is 37.3 Å². The Balaban J connectivity index is 1.76. The third-order valence-corrected chi connectivity index (χ3v) is 4.48. The lowest BCUT2D eigenvalue weighted by molar-refractivity contribution is -0.133. The molecule has 0 radical (unpaired) electrons. The molecular formula is C15H18FN3O3. The molecule has 118 valence electrons. The summed E-state index contributed by atoms with van der Waals surface area (Å²) in [7, 11) is 0. The molecule has 7 heteroatoms. The van der Waals surface area contributed by atoms with Gasteiger partial charge in [0.15, 0.2) is 0 Å². The first-order valence-electron chi connectivity index (χ1n) is 7.41. The molecule has 6 nitrogen and oxygen atoms in total. The molecule has 2 atom stereocenters. The Morgan fingerprint density at radius 3 is 2.77 bits per heavy atom. The molecule has 1 aliphatic carbocycles. The third kappa shape index (κ3) is 2.35. The lowest BCUT2D eigenvalue weighted by Gasteiger charge is -2.25. The molecule has 2 unspecified atom stereocenters. The Hall–Kier alpha value is -2.02. The van der Waals surface area contributed by atoms with Crippen LogP contribution in [-0.4, -0.2) is 39.0 Å². The van der Waals surface area contributed by atoms with E-state index in [1.165, 1.54) is 12.1 Å². The van der Waals surface area contributed by atoms with Gasteiger partial charge in [-0.25, -0.2) is 9.18 Å². The molecule has 1 aliphatic heterocycles. The summed E-state index contributed by atoms with van der Waals surface area (Å²) >= 11 is 0. The number of carbonyl (C=O) groups excluding carboxylic acids is 2. The largest absolute Gasteiger partial charge is 0.385 e. The van der Waals surface area contributed by atoms with Gasteiger partial charge >= 0.3 is 6.03 Å². The molecule has 22 heavy (non-hydrogen) atoms. The number of β-amino-alcohol motifs (C(OH)–C–C–N with tert-alkyl or cyclic N) is 1. The van der Waals surface area contributed by atoms with Gasteiger partial charge in [-0.2, -0.15) is 0 Å². The average molecular weight is 307 g/mol. The number of rotatable bonds is 5. The van der Waals surface area contributed by atoms with Crippen molar-refractivity contribution in [3.8, 4) is 0 Å². The molecule has 2 N–H and O–H groups in total. The Morgan fingerprint density at radius 2 is 2.23 bits per heavy atom. The molecule has 2 heterocycles. The van der Waals surface area contributed by atoms with Crippen molar-refractivity contribution in [3.63, 3.8) is 0 Å². The van der Waals surface area contributed by atoms with Crippen molar-refractivity contribution in [2.24, 2.45) is 5.92 Å². The summed E-state index contributed by atoms with van der Waals surface area (Å²) in [6, 6.07) is 2.03. The highest BCUT2D eigenvalue weighted by atomic mass is 19.1. The highest BCUT2D eigenvalue weighted by Crippen LogP contribution is 2.44. The standard InChI is InChI=1S/C15H18FN3O3/c1-2-15(9-3-4-9)13(21)19(14(22)18-15)8-12(20)11-6-5-10(16)7-17-11/h5-7,9,12,20H,2-4,8H2,1H3,(H,18,22). The van der Waals surface area contributed by atoms with E-state index in [-0.39, 0.29) is 24.1 Å². The maximum absolute atomic E-state index is 12.8. The van der Waals surface area contributed by atoms with E-state index in [1.807, 2.05) is 6.92 Å². The van der Waals surface area contributed by atoms with E-state index >= 15 is 0 Å². The zero-order chi connectivity index (χ0) is 15.9. The SMILES string of the molecule is CCC1(C2CC2)NC(=O)N(CC(O)c2ccc(F)cn2)C1=O. The van der Waals surface area contributed by atoms with E-state index in [1.54, 1.807) is 0 Å². The summed E-state index contributed by atoms with van der Waals surface area (Å²) < 4.78 is 12.8. The van der Waals surface area contributed by atoms with Gasteiger partial charge in [0, 0.05) is 0 Å². The Labute approximate surface area is 127 Å². The smallest absolute Gasteiger partial charge is 0.325 e. The molecule has 3 amide bonds. The van der Waals surface area contributed by atoms with Gasteiger partial charge in [0.25, 0.3) is 5.91 Å². The zero-order valence-corrected chi connectivity index (χ0v) is 12.3. The quantitative estimate of drug-likeness (QED) is 0.805. The number of pyridine rings is 1. The first-order chi connectivity index (χ1) is 10.5. The zero-order valence-electron chi connectivity index (χ0n) is 12.3. The van der Waals surface area contributed by atoms with Crippen molar-refractivity contribution < 1.29 is 19.1 Å². The molecule has 1 aromatic rings. The normalized spacial score (nSPS) is 26.2. The molecular weight excluding hydrogens is 289 g/mol. The number of imide groups is 1. The first-order valence-corrected chi connectivity index (χ1v) is 7.41. The van der Waals surface area contributed by atoms with Crippen molar-refractivity contribution >= 4 is 11.9 Å². The third-order valence-electron chi connectivity index (χ3n) is 4.48. The molecule has 1 saturated heterocycles. The van der Waals surface area contributed by atoms with Crippen LogP contribution in [0.3, 0.4) is 0 Å². The van der Waals surface area contributed by atoms with Crippen molar-refractivity contribution in [1.29, 1.82) is 0 Å². The van der Waals surface area contributed by atoms with Crippen LogP contribution in [0.25, 0.3) is 0 Å². The number of nitrogens with zero attached hydrogens (tertiary/aromatic N) is 2. The average Bonchev–Trinajstić information content (AvgIpc) is 3.32. The van der Waals surface area contributed by atoms with Gasteiger partial charge < -0.3 is 10.4 Å². The number of hydrogen-bond donors (Lipinski definition) is 2. The van der Waals surface area contributed by atoms with Crippen LogP contribution in [0.15, 0.2) is 18.3 Å². The van der Waals surface area contributed by atoms with Crippen LogP contribution in [0.2, 0.25) is 0 Å². The van der Waals surface area contributed by atoms with Crippen molar-refractivity contribution in [3.05, 3.63) is 29.8 Å². The minimum absolute atomic E-state index is 0.181. The Morgan fingerprint density at radius 1 is 1.50 bits per heavy atom. The number of aliphatic hydroxyl groups excluding tert-OH is 1. The predicted molar refractivity (Wildman–Crippen MR) is 75.1 cm³/mol. The lowest BCUT2D eigenvalue weighted by Crippen LogP contribution is -2.48. The number of halogens is 1. The van der Waals surface area contributed by atoms with Gasteiger partial charge in [0.05, 0.1) is 18.4 Å². The molecule has 2 fully saturated rings. The van der Waals surface area contributed by atoms with Crippen LogP contribution in [0, 0.1) is 11.7 Å². The number of aliphatic hydroxyl groups is 1. The summed E-state index contributed by atoms with van der Waals surface area (Å²) in [5, 5.41) is 12.9. The highest BCUT2D eigenvalue weighted by Gasteiger charge is 2.58. The second-order valence-corrected chi connectivity index (χ2v) is 5.86. The summed E-state index contributed by atoms with van der Waals surface area (Å²) in [4.78, 5) is 29.6. The van der Waals surface area contributed by atoms with E-state index in [0.29, 0.717) is 6.42 Å². The van der Waals surface area contributed by atoms with Crippen molar-refractivity contribution in [1.82, 2.24) is 15.2 Å². The molecule has 3 rings (SSSR count). The van der Waals surface area contributed by atoms with Gasteiger partial charge in [-0.3, -0.25) is 14.7 Å². The van der Waals surface area contributed by atoms with Crippen LogP contribution in [0.5, 0.6) is 0 Å². The molecule has 1 aromatic heterocycles. The summed E-state index contributed by atoms with van der Waals surface area (Å²) in [6.45, 7) is 1.69. The Bertz CT molecular complexity index is 603. The molecule has 0 spiro atoms. The minimum Gasteiger partial charge on any atom is -0.385 e. The number of carbonyl (C=O) groups is 2. The van der Waals surface area contributed by atoms with Crippen LogP contribution in [0.4, 0.5) is 9.18 Å². The van der Waals surface area contributed by atoms with E-state index in [4.69, 9.17) is 0 Å². The van der Waals surface area contributed by atoms with Crippen molar-refractivity contribution in [2.45, 2.75) is 37.8 Å². The molecule has 2 aliphatic rings. The monoisotopic (exact) mass is 307 g/mol. The van der Waals surface area contributed by atoms with Gasteiger partial charge in [-0.1, -0.05) is 6.92 Å². The van der Waals surface area contributed by atoms with Crippen LogP contribution in [0.1, 0.15) is 38.0 Å². The van der Waals surface area contributed by atoms with E-state index in [9.17, 15) is 19.1 Å². The Kier molecular flexibility index (Phi) is 3.60. The van der Waals surface area contributed by atoms with Gasteiger partial charge in [0.1, 0.15) is 17.5 Å². The minimum atomic E-state index is -1.14. The van der Waals surface area contributed by atoms with Crippen LogP contribution < -0.4 is 5.32 Å². The van der Waals surface area contributed by atoms with Crippen LogP contribution in [-0.2, 0) is 4.79 Å². The number of amides is 3. The van der Waals surface area contributed by atoms with Crippen LogP contribution >= 0.6 is 0 Å². The topological polar surface area (TPSA) is 82.5 Å². The molecule has 1 saturated carbocycles. The first kappa shape index (κ1) is 14.9. The van der Waals surface area contributed by atoms with E-state index < -0.39 is 23.5 Å². The maximum atomic E-state index is 12.8. The maximum Gasteiger partial charge on any atom is 0.325 e. The fraction of sp³-hybridized carbons (Fsp3) is 0.533. The summed E-state index contributed by atoms with van der Waals surface area (Å²) in [5.41, 5.74) is -0.602. The molecule has 0 aromatic carbocycles. The lowest BCUT2D eigenvalue weighted by atomic mass is 9.90. The highest BCUT2D eigenvalue weighted by molar-refractivity contribution is 6.07. The number of aromatic nitrogens is 1. The van der Waals surface area contributed by atoms with Crippen molar-refractivity contribution in [2.75, 3.05) is 6.54 Å². The van der Waals surface area contributed by atoms with E-state index in [2.05, 4.69) is 10.3 Å². The van der Waals surface area contributed by atoms with E-state index in [0.717, 1.165) is 23.9 Å². The predicted octanol–water partition coefficient (Wildman–Crippen LogP) is 1.36.